The Morgan fingerprint density at radius 1 is 1.30 bits per heavy atom. The first kappa shape index (κ1) is 19.1. The maximum Gasteiger partial charge on any atom is 0.292 e. The highest BCUT2D eigenvalue weighted by Crippen LogP contribution is 2.37. The summed E-state index contributed by atoms with van der Waals surface area (Å²) in [6.07, 6.45) is 3.16. The number of allylic oxidation sites excluding steroid dienone is 1. The zero-order chi connectivity index (χ0) is 17.6. The van der Waals surface area contributed by atoms with E-state index in [1.165, 1.54) is 12.1 Å². The van der Waals surface area contributed by atoms with E-state index in [4.69, 9.17) is 4.18 Å². The average Bonchev–Trinajstić information content (AvgIpc) is 2.45. The summed E-state index contributed by atoms with van der Waals surface area (Å²) in [5.41, 5.74) is -0.799. The lowest BCUT2D eigenvalue weighted by molar-refractivity contribution is -0.396. The molecular formula is C15H20N2O5S. The van der Waals surface area contributed by atoms with Crippen molar-refractivity contribution in [1.82, 2.24) is 0 Å². The first-order valence-electron chi connectivity index (χ1n) is 7.04. The predicted molar refractivity (Wildman–Crippen MR) is 89.4 cm³/mol. The molecule has 0 aromatic heterocycles. The minimum atomic E-state index is -0.662. The third-order valence-electron chi connectivity index (χ3n) is 3.20. The topological polar surface area (TPSA) is 95.5 Å². The van der Waals surface area contributed by atoms with E-state index in [0.29, 0.717) is 0 Å². The third kappa shape index (κ3) is 5.65. The summed E-state index contributed by atoms with van der Waals surface area (Å²) in [6.45, 7) is 9.74. The van der Waals surface area contributed by atoms with Gasteiger partial charge in [0.1, 0.15) is 4.90 Å². The maximum atomic E-state index is 11.1. The Hall–Kier alpha value is -1.93. The first-order valence-corrected chi connectivity index (χ1v) is 7.78. The SMILES string of the molecule is C=CCCC(OSc1ccc([N+](=O)[O-])cc1[N+](=O)[O-])C(C)(C)C. The Morgan fingerprint density at radius 3 is 2.43 bits per heavy atom. The van der Waals surface area contributed by atoms with Crippen LogP contribution in [-0.2, 0) is 4.18 Å². The number of benzene rings is 1. The summed E-state index contributed by atoms with van der Waals surface area (Å²) >= 11 is 0.883. The van der Waals surface area contributed by atoms with Crippen LogP contribution in [0.25, 0.3) is 0 Å². The third-order valence-corrected chi connectivity index (χ3v) is 4.06. The van der Waals surface area contributed by atoms with Gasteiger partial charge in [0.2, 0.25) is 0 Å². The molecule has 126 valence electrons. The van der Waals surface area contributed by atoms with Gasteiger partial charge < -0.3 is 4.18 Å². The second kappa shape index (κ2) is 8.07. The number of rotatable bonds is 8. The van der Waals surface area contributed by atoms with Crippen LogP contribution in [0.15, 0.2) is 35.7 Å². The molecule has 0 aliphatic carbocycles. The fourth-order valence-electron chi connectivity index (χ4n) is 1.84. The molecule has 1 rings (SSSR count). The van der Waals surface area contributed by atoms with Gasteiger partial charge in [-0.3, -0.25) is 20.2 Å². The summed E-state index contributed by atoms with van der Waals surface area (Å²) in [7, 11) is 0. The molecule has 0 radical (unpaired) electrons. The molecule has 23 heavy (non-hydrogen) atoms. The molecule has 0 saturated carbocycles. The highest BCUT2D eigenvalue weighted by molar-refractivity contribution is 7.94. The fraction of sp³-hybridized carbons (Fsp3) is 0.467. The van der Waals surface area contributed by atoms with Gasteiger partial charge in [0.05, 0.1) is 22.0 Å². The Kier molecular flexibility index (Phi) is 6.71. The highest BCUT2D eigenvalue weighted by Gasteiger charge is 2.27. The maximum absolute atomic E-state index is 11.1. The lowest BCUT2D eigenvalue weighted by Crippen LogP contribution is -2.27. The second-order valence-electron chi connectivity index (χ2n) is 6.07. The van der Waals surface area contributed by atoms with E-state index in [2.05, 4.69) is 6.58 Å². The van der Waals surface area contributed by atoms with E-state index in [1.54, 1.807) is 6.08 Å². The van der Waals surface area contributed by atoms with Crippen molar-refractivity contribution in [2.75, 3.05) is 0 Å². The number of nitro groups is 2. The Labute approximate surface area is 139 Å². The minimum Gasteiger partial charge on any atom is -0.306 e. The van der Waals surface area contributed by atoms with Crippen molar-refractivity contribution in [1.29, 1.82) is 0 Å². The Balaban J connectivity index is 2.96. The second-order valence-corrected chi connectivity index (χ2v) is 6.87. The Bertz CT molecular complexity index is 598. The molecule has 0 N–H and O–H groups in total. The van der Waals surface area contributed by atoms with Gasteiger partial charge in [-0.05, 0) is 24.3 Å². The van der Waals surface area contributed by atoms with E-state index in [-0.39, 0.29) is 27.8 Å². The van der Waals surface area contributed by atoms with Gasteiger partial charge in [0.25, 0.3) is 11.4 Å². The molecule has 1 unspecified atom stereocenters. The van der Waals surface area contributed by atoms with Crippen molar-refractivity contribution in [3.8, 4) is 0 Å². The normalized spacial score (nSPS) is 12.7. The smallest absolute Gasteiger partial charge is 0.292 e. The minimum absolute atomic E-state index is 0.139. The van der Waals surface area contributed by atoms with Crippen LogP contribution in [0.4, 0.5) is 11.4 Å². The molecule has 0 aliphatic rings. The van der Waals surface area contributed by atoms with Gasteiger partial charge >= 0.3 is 0 Å². The van der Waals surface area contributed by atoms with Crippen molar-refractivity contribution in [2.24, 2.45) is 5.41 Å². The molecule has 0 spiro atoms. The summed E-state index contributed by atoms with van der Waals surface area (Å²) in [4.78, 5) is 20.8. The molecule has 0 heterocycles. The zero-order valence-electron chi connectivity index (χ0n) is 13.4. The van der Waals surface area contributed by atoms with Crippen molar-refractivity contribution >= 4 is 23.4 Å². The summed E-state index contributed by atoms with van der Waals surface area (Å²) in [5.74, 6) is 0. The van der Waals surface area contributed by atoms with E-state index in [9.17, 15) is 20.2 Å². The lowest BCUT2D eigenvalue weighted by Gasteiger charge is -2.29. The van der Waals surface area contributed by atoms with Crippen molar-refractivity contribution in [3.05, 3.63) is 51.1 Å². The fourth-order valence-corrected chi connectivity index (χ4v) is 2.78. The van der Waals surface area contributed by atoms with Gasteiger partial charge in [0, 0.05) is 18.1 Å². The van der Waals surface area contributed by atoms with Crippen LogP contribution in [-0.4, -0.2) is 16.0 Å². The standard InChI is InChI=1S/C15H20N2O5S/c1-5-6-7-14(15(2,3)4)22-23-13-9-8-11(16(18)19)10-12(13)17(20)21/h5,8-10,14H,1,6-7H2,2-4H3. The number of nitro benzene ring substituents is 2. The van der Waals surface area contributed by atoms with Crippen LogP contribution in [0.3, 0.4) is 0 Å². The van der Waals surface area contributed by atoms with Crippen LogP contribution < -0.4 is 0 Å². The molecule has 1 atom stereocenters. The molecule has 0 saturated heterocycles. The average molecular weight is 340 g/mol. The molecule has 7 nitrogen and oxygen atoms in total. The quantitative estimate of drug-likeness (QED) is 0.289. The molecule has 0 amide bonds. The highest BCUT2D eigenvalue weighted by atomic mass is 32.2. The van der Waals surface area contributed by atoms with E-state index >= 15 is 0 Å². The van der Waals surface area contributed by atoms with Gasteiger partial charge in [-0.1, -0.05) is 26.8 Å². The van der Waals surface area contributed by atoms with Gasteiger partial charge in [-0.25, -0.2) is 0 Å². The van der Waals surface area contributed by atoms with E-state index in [1.807, 2.05) is 20.8 Å². The number of hydrogen-bond donors (Lipinski definition) is 0. The summed E-state index contributed by atoms with van der Waals surface area (Å²) in [5, 5.41) is 21.8. The zero-order valence-corrected chi connectivity index (χ0v) is 14.2. The van der Waals surface area contributed by atoms with Crippen LogP contribution in [0.5, 0.6) is 0 Å². The largest absolute Gasteiger partial charge is 0.306 e. The van der Waals surface area contributed by atoms with Gasteiger partial charge in [-0.2, -0.15) is 0 Å². The van der Waals surface area contributed by atoms with Crippen LogP contribution in [0.1, 0.15) is 33.6 Å². The molecule has 8 heteroatoms. The van der Waals surface area contributed by atoms with Crippen molar-refractivity contribution in [3.63, 3.8) is 0 Å². The van der Waals surface area contributed by atoms with Crippen LogP contribution in [0.2, 0.25) is 0 Å². The monoisotopic (exact) mass is 340 g/mol. The predicted octanol–water partition coefficient (Wildman–Crippen LogP) is 4.91. The molecule has 0 aliphatic heterocycles. The summed E-state index contributed by atoms with van der Waals surface area (Å²) < 4.78 is 5.78. The van der Waals surface area contributed by atoms with Crippen LogP contribution >= 0.6 is 12.0 Å². The van der Waals surface area contributed by atoms with Crippen molar-refractivity contribution in [2.45, 2.75) is 44.6 Å². The van der Waals surface area contributed by atoms with Crippen LogP contribution in [0, 0.1) is 25.6 Å². The number of non-ortho nitro benzene ring substituents is 1. The number of nitrogens with zero attached hydrogens (tertiary/aromatic N) is 2. The van der Waals surface area contributed by atoms with E-state index in [0.717, 1.165) is 31.0 Å². The molecule has 0 bridgehead atoms. The Morgan fingerprint density at radius 2 is 1.96 bits per heavy atom. The van der Waals surface area contributed by atoms with Gasteiger partial charge in [0.15, 0.2) is 0 Å². The molecule has 1 aromatic carbocycles. The van der Waals surface area contributed by atoms with Crippen molar-refractivity contribution < 1.29 is 14.0 Å². The molecule has 0 fully saturated rings. The first-order chi connectivity index (χ1) is 10.7. The summed E-state index contributed by atoms with van der Waals surface area (Å²) in [6, 6.07) is 3.52. The van der Waals surface area contributed by atoms with E-state index < -0.39 is 9.85 Å². The van der Waals surface area contributed by atoms with Gasteiger partial charge in [-0.15, -0.1) is 6.58 Å². The lowest BCUT2D eigenvalue weighted by atomic mass is 9.86. The molecular weight excluding hydrogens is 320 g/mol. The molecule has 1 aromatic rings. The number of hydrogen-bond acceptors (Lipinski definition) is 6.